The fourth-order valence-corrected chi connectivity index (χ4v) is 4.05. The van der Waals surface area contributed by atoms with Crippen LogP contribution in [0.25, 0.3) is 11.3 Å². The van der Waals surface area contributed by atoms with Crippen LogP contribution < -0.4 is 4.74 Å². The van der Waals surface area contributed by atoms with E-state index in [0.717, 1.165) is 23.2 Å². The first-order valence-corrected chi connectivity index (χ1v) is 8.78. The molecule has 0 bridgehead atoms. The molecule has 4 heteroatoms. The number of aliphatic hydroxyl groups excluding tert-OH is 1. The van der Waals surface area contributed by atoms with Crippen molar-refractivity contribution >= 4 is 11.6 Å². The second-order valence-electron chi connectivity index (χ2n) is 7.20. The monoisotopic (exact) mass is 345 g/mol. The lowest BCUT2D eigenvalue weighted by atomic mass is 9.75. The summed E-state index contributed by atoms with van der Waals surface area (Å²) in [6.07, 6.45) is 3.58. The second kappa shape index (κ2) is 6.73. The predicted molar refractivity (Wildman–Crippen MR) is 97.5 cm³/mol. The zero-order valence-corrected chi connectivity index (χ0v) is 15.2. The highest BCUT2D eigenvalue weighted by Crippen LogP contribution is 2.51. The highest BCUT2D eigenvalue weighted by molar-refractivity contribution is 6.33. The molecule has 1 heterocycles. The van der Waals surface area contributed by atoms with E-state index >= 15 is 0 Å². The van der Waals surface area contributed by atoms with Crippen molar-refractivity contribution in [3.05, 3.63) is 46.5 Å². The number of ether oxygens (including phenoxy) is 1. The molecule has 24 heavy (non-hydrogen) atoms. The van der Waals surface area contributed by atoms with E-state index in [9.17, 15) is 5.11 Å². The van der Waals surface area contributed by atoms with Gasteiger partial charge in [0.15, 0.2) is 0 Å². The van der Waals surface area contributed by atoms with Crippen molar-refractivity contribution in [2.24, 2.45) is 5.41 Å². The summed E-state index contributed by atoms with van der Waals surface area (Å²) in [6.45, 7) is 4.68. The summed E-state index contributed by atoms with van der Waals surface area (Å²) in [5.74, 6) is 0.986. The topological polar surface area (TPSA) is 42.4 Å². The van der Waals surface area contributed by atoms with E-state index in [1.165, 1.54) is 18.4 Å². The van der Waals surface area contributed by atoms with Gasteiger partial charge in [-0.2, -0.15) is 0 Å². The molecule has 128 valence electrons. The maximum Gasteiger partial charge on any atom is 0.213 e. The molecule has 3 rings (SSSR count). The van der Waals surface area contributed by atoms with E-state index in [0.29, 0.717) is 16.8 Å². The number of methoxy groups -OCH3 is 1. The Hall–Kier alpha value is -1.58. The Morgan fingerprint density at radius 3 is 2.71 bits per heavy atom. The minimum Gasteiger partial charge on any atom is -0.481 e. The van der Waals surface area contributed by atoms with Gasteiger partial charge in [-0.1, -0.05) is 50.1 Å². The van der Waals surface area contributed by atoms with Crippen molar-refractivity contribution in [2.75, 3.05) is 7.11 Å². The maximum atomic E-state index is 9.57. The quantitative estimate of drug-likeness (QED) is 0.828. The molecule has 1 atom stereocenters. The lowest BCUT2D eigenvalue weighted by Gasteiger charge is -2.29. The molecule has 0 unspecified atom stereocenters. The Bertz CT molecular complexity index is 742. The van der Waals surface area contributed by atoms with Crippen molar-refractivity contribution in [3.63, 3.8) is 0 Å². The fourth-order valence-electron chi connectivity index (χ4n) is 3.84. The van der Waals surface area contributed by atoms with Gasteiger partial charge in [-0.3, -0.25) is 0 Å². The van der Waals surface area contributed by atoms with Crippen LogP contribution in [0.15, 0.2) is 30.3 Å². The zero-order valence-electron chi connectivity index (χ0n) is 14.5. The molecule has 1 aromatic carbocycles. The SMILES string of the molecule is COc1ccc(Cl)c(-c2ccc(CO)cc2[C@@H]2CCCC2(C)C)n1. The van der Waals surface area contributed by atoms with Crippen LogP contribution in [0, 0.1) is 5.41 Å². The van der Waals surface area contributed by atoms with E-state index in [4.69, 9.17) is 16.3 Å². The molecule has 1 N–H and O–H groups in total. The predicted octanol–water partition coefficient (Wildman–Crippen LogP) is 5.20. The third-order valence-corrected chi connectivity index (χ3v) is 5.52. The molecule has 1 saturated carbocycles. The first-order valence-electron chi connectivity index (χ1n) is 8.41. The van der Waals surface area contributed by atoms with Gasteiger partial charge in [0.05, 0.1) is 24.4 Å². The average molecular weight is 346 g/mol. The molecule has 0 spiro atoms. The summed E-state index contributed by atoms with van der Waals surface area (Å²) in [4.78, 5) is 4.58. The number of hydrogen-bond acceptors (Lipinski definition) is 3. The van der Waals surface area contributed by atoms with Gasteiger partial charge in [0, 0.05) is 11.6 Å². The summed E-state index contributed by atoms with van der Waals surface area (Å²) in [7, 11) is 1.61. The van der Waals surface area contributed by atoms with E-state index in [-0.39, 0.29) is 12.0 Å². The van der Waals surface area contributed by atoms with Crippen LogP contribution >= 0.6 is 11.6 Å². The number of aromatic nitrogens is 1. The summed E-state index contributed by atoms with van der Waals surface area (Å²) >= 11 is 6.44. The second-order valence-corrected chi connectivity index (χ2v) is 7.60. The zero-order chi connectivity index (χ0) is 17.3. The van der Waals surface area contributed by atoms with E-state index in [1.54, 1.807) is 13.2 Å². The Morgan fingerprint density at radius 2 is 2.08 bits per heavy atom. The highest BCUT2D eigenvalue weighted by Gasteiger charge is 2.37. The average Bonchev–Trinajstić information content (AvgIpc) is 2.94. The number of hydrogen-bond donors (Lipinski definition) is 1. The van der Waals surface area contributed by atoms with E-state index < -0.39 is 0 Å². The minimum atomic E-state index is 0.0414. The Kier molecular flexibility index (Phi) is 4.84. The lowest BCUT2D eigenvalue weighted by molar-refractivity contribution is 0.281. The van der Waals surface area contributed by atoms with Gasteiger partial charge < -0.3 is 9.84 Å². The maximum absolute atomic E-state index is 9.57. The minimum absolute atomic E-state index is 0.0414. The molecule has 0 saturated heterocycles. The molecule has 3 nitrogen and oxygen atoms in total. The van der Waals surface area contributed by atoms with Crippen molar-refractivity contribution < 1.29 is 9.84 Å². The first kappa shape index (κ1) is 17.2. The smallest absolute Gasteiger partial charge is 0.213 e. The summed E-state index contributed by atoms with van der Waals surface area (Å²) < 4.78 is 5.27. The third kappa shape index (κ3) is 3.15. The van der Waals surface area contributed by atoms with Crippen molar-refractivity contribution in [1.82, 2.24) is 4.98 Å². The first-order chi connectivity index (χ1) is 11.5. The summed E-state index contributed by atoms with van der Waals surface area (Å²) in [5, 5.41) is 10.2. The number of pyridine rings is 1. The molecule has 1 aliphatic carbocycles. The number of rotatable bonds is 4. The van der Waals surface area contributed by atoms with E-state index in [2.05, 4.69) is 24.9 Å². The highest BCUT2D eigenvalue weighted by atomic mass is 35.5. The Morgan fingerprint density at radius 1 is 1.29 bits per heavy atom. The van der Waals surface area contributed by atoms with Crippen LogP contribution in [0.1, 0.15) is 50.2 Å². The molecule has 0 amide bonds. The number of halogens is 1. The van der Waals surface area contributed by atoms with Gasteiger partial charge in [-0.05, 0) is 41.4 Å². The van der Waals surface area contributed by atoms with Crippen LogP contribution in [-0.4, -0.2) is 17.2 Å². The van der Waals surface area contributed by atoms with Crippen molar-refractivity contribution in [2.45, 2.75) is 45.6 Å². The van der Waals surface area contributed by atoms with Gasteiger partial charge >= 0.3 is 0 Å². The molecule has 1 aliphatic rings. The van der Waals surface area contributed by atoms with Crippen LogP contribution in [0.2, 0.25) is 5.02 Å². The summed E-state index contributed by atoms with van der Waals surface area (Å²) in [6, 6.07) is 9.69. The van der Waals surface area contributed by atoms with Crippen molar-refractivity contribution in [1.29, 1.82) is 0 Å². The van der Waals surface area contributed by atoms with Crippen molar-refractivity contribution in [3.8, 4) is 17.1 Å². The van der Waals surface area contributed by atoms with Gasteiger partial charge in [0.1, 0.15) is 0 Å². The van der Waals surface area contributed by atoms with Crippen LogP contribution in [0.4, 0.5) is 0 Å². The molecule has 2 aromatic rings. The largest absolute Gasteiger partial charge is 0.481 e. The molecular weight excluding hydrogens is 322 g/mol. The normalized spacial score (nSPS) is 19.5. The number of nitrogens with zero attached hydrogens (tertiary/aromatic N) is 1. The summed E-state index contributed by atoms with van der Waals surface area (Å²) in [5.41, 5.74) is 4.17. The molecule has 0 aliphatic heterocycles. The standard InChI is InChI=1S/C20H24ClNO2/c1-20(2)10-4-5-16(20)15-11-13(12-23)6-7-14(15)19-17(21)8-9-18(22-19)24-3/h6-9,11,16,23H,4-5,10,12H2,1-3H3/t16-/m0/s1. The van der Waals surface area contributed by atoms with Crippen LogP contribution in [0.3, 0.4) is 0 Å². The van der Waals surface area contributed by atoms with Gasteiger partial charge in [-0.15, -0.1) is 0 Å². The van der Waals surface area contributed by atoms with Crippen LogP contribution in [0.5, 0.6) is 5.88 Å². The van der Waals surface area contributed by atoms with Crippen LogP contribution in [-0.2, 0) is 6.61 Å². The fraction of sp³-hybridized carbons (Fsp3) is 0.450. The van der Waals surface area contributed by atoms with Gasteiger partial charge in [-0.25, -0.2) is 4.98 Å². The molecule has 0 radical (unpaired) electrons. The molecule has 1 fully saturated rings. The van der Waals surface area contributed by atoms with Gasteiger partial charge in [0.2, 0.25) is 5.88 Å². The Labute approximate surface area is 148 Å². The Balaban J connectivity index is 2.18. The molecule has 1 aromatic heterocycles. The van der Waals surface area contributed by atoms with Gasteiger partial charge in [0.25, 0.3) is 0 Å². The van der Waals surface area contributed by atoms with E-state index in [1.807, 2.05) is 18.2 Å². The molecular formula is C20H24ClNO2. The third-order valence-electron chi connectivity index (χ3n) is 5.22. The number of benzene rings is 1. The number of aliphatic hydroxyl groups is 1. The lowest BCUT2D eigenvalue weighted by Crippen LogP contribution is -2.16.